The summed E-state index contributed by atoms with van der Waals surface area (Å²) in [5.74, 6) is -0.732. The lowest BCUT2D eigenvalue weighted by Gasteiger charge is -2.38. The van der Waals surface area contributed by atoms with E-state index in [2.05, 4.69) is 17.1 Å². The second-order valence-electron chi connectivity index (χ2n) is 9.94. The van der Waals surface area contributed by atoms with Gasteiger partial charge in [0.1, 0.15) is 11.9 Å². The molecule has 8 nitrogen and oxygen atoms in total. The molecule has 38 heavy (non-hydrogen) atoms. The predicted octanol–water partition coefficient (Wildman–Crippen LogP) is 2.78. The minimum Gasteiger partial charge on any atom is -0.338 e. The van der Waals surface area contributed by atoms with Crippen molar-refractivity contribution in [3.05, 3.63) is 82.8 Å². The highest BCUT2D eigenvalue weighted by molar-refractivity contribution is 6.03. The molecule has 0 spiro atoms. The largest absolute Gasteiger partial charge is 0.338 e. The minimum atomic E-state index is -0.709. The van der Waals surface area contributed by atoms with E-state index in [1.54, 1.807) is 21.9 Å². The van der Waals surface area contributed by atoms with Crippen LogP contribution in [0.3, 0.4) is 0 Å². The number of nitrogens with zero attached hydrogens (tertiary/aromatic N) is 4. The zero-order valence-corrected chi connectivity index (χ0v) is 21.9. The average Bonchev–Trinajstić information content (AvgIpc) is 3.28. The Hall–Kier alpha value is -3.72. The van der Waals surface area contributed by atoms with E-state index in [0.29, 0.717) is 42.9 Å². The molecule has 0 bridgehead atoms. The van der Waals surface area contributed by atoms with Gasteiger partial charge in [-0.2, -0.15) is 0 Å². The zero-order chi connectivity index (χ0) is 26.8. The normalized spacial score (nSPS) is 21.0. The summed E-state index contributed by atoms with van der Waals surface area (Å²) in [4.78, 5) is 48.5. The van der Waals surface area contributed by atoms with Crippen LogP contribution in [0.1, 0.15) is 31.0 Å². The Morgan fingerprint density at radius 1 is 0.974 bits per heavy atom. The van der Waals surface area contributed by atoms with Crippen LogP contribution in [0.25, 0.3) is 0 Å². The van der Waals surface area contributed by atoms with Crippen molar-refractivity contribution in [2.75, 3.05) is 45.8 Å². The molecule has 3 aliphatic rings. The fourth-order valence-electron chi connectivity index (χ4n) is 5.67. The first-order valence-corrected chi connectivity index (χ1v) is 13.3. The van der Waals surface area contributed by atoms with Crippen molar-refractivity contribution in [3.63, 3.8) is 0 Å². The second kappa shape index (κ2) is 10.9. The summed E-state index contributed by atoms with van der Waals surface area (Å²) in [6.45, 7) is 8.31. The number of carbonyl (C=O) groups is 3. The molecule has 0 aromatic heterocycles. The molecule has 3 heterocycles. The second-order valence-corrected chi connectivity index (χ2v) is 9.94. The van der Waals surface area contributed by atoms with Gasteiger partial charge in [0.25, 0.3) is 5.91 Å². The van der Waals surface area contributed by atoms with Gasteiger partial charge in [0.05, 0.1) is 23.9 Å². The van der Waals surface area contributed by atoms with Crippen LogP contribution >= 0.6 is 0 Å². The van der Waals surface area contributed by atoms with Crippen molar-refractivity contribution < 1.29 is 18.8 Å². The first-order valence-electron chi connectivity index (χ1n) is 13.3. The topological polar surface area (TPSA) is 76.2 Å². The molecule has 200 valence electrons. The van der Waals surface area contributed by atoms with E-state index in [4.69, 9.17) is 0 Å². The van der Waals surface area contributed by atoms with Gasteiger partial charge < -0.3 is 20.0 Å². The van der Waals surface area contributed by atoms with Crippen LogP contribution < -0.4 is 5.32 Å². The molecule has 0 unspecified atom stereocenters. The molecule has 0 saturated carbocycles. The summed E-state index contributed by atoms with van der Waals surface area (Å²) in [5.41, 5.74) is 2.64. The number of hydrogen-bond donors (Lipinski definition) is 1. The standard InChI is InChI=1S/C29H34FN5O3/c1-3-32-14-16-33(17-15-32)27(36)23(18-20-8-6-5-7-9-20)35-19-24-25(28(35)37)26(31-29(38)34(24)4-2)21-10-12-22(30)13-11-21/h5-13,23,26H,3-4,14-19H2,1-2H3,(H,31,38)/t23-,26+/m0/s1. The maximum atomic E-state index is 14.1. The third kappa shape index (κ3) is 4.90. The van der Waals surface area contributed by atoms with Crippen molar-refractivity contribution >= 4 is 17.8 Å². The number of nitrogens with one attached hydrogen (secondary N) is 1. The lowest BCUT2D eigenvalue weighted by molar-refractivity contribution is -0.144. The Kier molecular flexibility index (Phi) is 7.46. The van der Waals surface area contributed by atoms with Crippen LogP contribution in [0.5, 0.6) is 0 Å². The summed E-state index contributed by atoms with van der Waals surface area (Å²) >= 11 is 0. The molecular formula is C29H34FN5O3. The Morgan fingerprint density at radius 3 is 2.29 bits per heavy atom. The molecule has 5 rings (SSSR count). The van der Waals surface area contributed by atoms with E-state index in [-0.39, 0.29) is 24.4 Å². The number of piperazine rings is 1. The highest BCUT2D eigenvalue weighted by Gasteiger charge is 2.47. The number of carbonyl (C=O) groups excluding carboxylic acids is 3. The summed E-state index contributed by atoms with van der Waals surface area (Å²) < 4.78 is 13.7. The van der Waals surface area contributed by atoms with E-state index >= 15 is 0 Å². The summed E-state index contributed by atoms with van der Waals surface area (Å²) in [5, 5.41) is 2.93. The van der Waals surface area contributed by atoms with Crippen molar-refractivity contribution in [3.8, 4) is 0 Å². The number of halogens is 1. The molecule has 0 radical (unpaired) electrons. The summed E-state index contributed by atoms with van der Waals surface area (Å²) in [6.07, 6.45) is 0.384. The first kappa shape index (κ1) is 25.9. The van der Waals surface area contributed by atoms with Crippen LogP contribution in [0.15, 0.2) is 65.9 Å². The van der Waals surface area contributed by atoms with Gasteiger partial charge in [-0.25, -0.2) is 9.18 Å². The zero-order valence-electron chi connectivity index (χ0n) is 21.9. The minimum absolute atomic E-state index is 0.0709. The van der Waals surface area contributed by atoms with Gasteiger partial charge in [-0.05, 0) is 36.7 Å². The predicted molar refractivity (Wildman–Crippen MR) is 141 cm³/mol. The van der Waals surface area contributed by atoms with Crippen LogP contribution in [0, 0.1) is 5.82 Å². The van der Waals surface area contributed by atoms with Crippen molar-refractivity contribution in [1.82, 2.24) is 24.9 Å². The molecule has 2 aromatic rings. The number of likely N-dealkylation sites (N-methyl/N-ethyl adjacent to an activating group) is 2. The lowest BCUT2D eigenvalue weighted by Crippen LogP contribution is -2.56. The lowest BCUT2D eigenvalue weighted by atomic mass is 9.95. The maximum Gasteiger partial charge on any atom is 0.322 e. The SMILES string of the molecule is CCN1CCN(C(=O)[C@H](Cc2ccccc2)N2CC3=C(C2=O)[C@@H](c2ccc(F)cc2)NC(=O)N3CC)CC1. The van der Waals surface area contributed by atoms with E-state index < -0.39 is 17.9 Å². The van der Waals surface area contributed by atoms with Crippen molar-refractivity contribution in [2.24, 2.45) is 0 Å². The van der Waals surface area contributed by atoms with Crippen molar-refractivity contribution in [1.29, 1.82) is 0 Å². The van der Waals surface area contributed by atoms with Gasteiger partial charge in [-0.3, -0.25) is 14.5 Å². The van der Waals surface area contributed by atoms with Gasteiger partial charge in [-0.15, -0.1) is 0 Å². The van der Waals surface area contributed by atoms with E-state index in [1.807, 2.05) is 42.2 Å². The van der Waals surface area contributed by atoms with Gasteiger partial charge in [0.2, 0.25) is 5.91 Å². The fourth-order valence-corrected chi connectivity index (χ4v) is 5.67. The van der Waals surface area contributed by atoms with E-state index in [9.17, 15) is 18.8 Å². The highest BCUT2D eigenvalue weighted by Crippen LogP contribution is 2.37. The smallest absolute Gasteiger partial charge is 0.322 e. The van der Waals surface area contributed by atoms with Gasteiger partial charge in [-0.1, -0.05) is 49.4 Å². The van der Waals surface area contributed by atoms with E-state index in [0.717, 1.165) is 25.2 Å². The summed E-state index contributed by atoms with van der Waals surface area (Å²) in [6, 6.07) is 13.8. The molecule has 4 amide bonds. The number of rotatable bonds is 7. The molecule has 3 aliphatic heterocycles. The molecule has 1 N–H and O–H groups in total. The molecule has 2 atom stereocenters. The molecule has 1 fully saturated rings. The number of benzene rings is 2. The molecular weight excluding hydrogens is 485 g/mol. The van der Waals surface area contributed by atoms with E-state index in [1.165, 1.54) is 12.1 Å². The first-order chi connectivity index (χ1) is 18.4. The van der Waals surface area contributed by atoms with Crippen molar-refractivity contribution in [2.45, 2.75) is 32.4 Å². The van der Waals surface area contributed by atoms with Gasteiger partial charge in [0, 0.05) is 39.1 Å². The number of urea groups is 1. The van der Waals surface area contributed by atoms with Crippen LogP contribution in [-0.4, -0.2) is 89.3 Å². The fraction of sp³-hybridized carbons (Fsp3) is 0.414. The molecule has 1 saturated heterocycles. The summed E-state index contributed by atoms with van der Waals surface area (Å²) in [7, 11) is 0. The molecule has 2 aromatic carbocycles. The molecule has 9 heteroatoms. The number of hydrogen-bond acceptors (Lipinski definition) is 4. The average molecular weight is 520 g/mol. The van der Waals surface area contributed by atoms with Crippen LogP contribution in [-0.2, 0) is 16.0 Å². The van der Waals surface area contributed by atoms with Gasteiger partial charge in [0.15, 0.2) is 0 Å². The van der Waals surface area contributed by atoms with Gasteiger partial charge >= 0.3 is 6.03 Å². The monoisotopic (exact) mass is 519 g/mol. The third-order valence-corrected chi connectivity index (χ3v) is 7.83. The maximum absolute atomic E-state index is 14.1. The Labute approximate surface area is 222 Å². The molecule has 0 aliphatic carbocycles. The highest BCUT2D eigenvalue weighted by atomic mass is 19.1. The Balaban J connectivity index is 1.48. The Morgan fingerprint density at radius 2 is 1.66 bits per heavy atom. The number of amides is 4. The third-order valence-electron chi connectivity index (χ3n) is 7.83. The van der Waals surface area contributed by atoms with Crippen LogP contribution in [0.4, 0.5) is 9.18 Å². The Bertz CT molecular complexity index is 1220. The van der Waals surface area contributed by atoms with Crippen LogP contribution in [0.2, 0.25) is 0 Å². The quantitative estimate of drug-likeness (QED) is 0.611.